The van der Waals surface area contributed by atoms with Crippen LogP contribution in [0.25, 0.3) is 6.08 Å². The van der Waals surface area contributed by atoms with Crippen LogP contribution in [-0.4, -0.2) is 18.0 Å². The van der Waals surface area contributed by atoms with Gasteiger partial charge < -0.3 is 5.32 Å². The molecule has 0 radical (unpaired) electrons. The van der Waals surface area contributed by atoms with Gasteiger partial charge in [0.25, 0.3) is 0 Å². The van der Waals surface area contributed by atoms with Gasteiger partial charge in [0.15, 0.2) is 0 Å². The SMILES string of the molecule is CC(/C=N\NC(=O)C(=O)Nc1ccc(Cl)cc1)=C/c1ccccc1. The van der Waals surface area contributed by atoms with Gasteiger partial charge in [-0.15, -0.1) is 0 Å². The van der Waals surface area contributed by atoms with Crippen molar-refractivity contribution in [2.24, 2.45) is 5.10 Å². The van der Waals surface area contributed by atoms with Crippen molar-refractivity contribution < 1.29 is 9.59 Å². The number of allylic oxidation sites excluding steroid dienone is 1. The summed E-state index contributed by atoms with van der Waals surface area (Å²) in [5, 5.41) is 6.76. The minimum atomic E-state index is -0.853. The molecule has 0 aliphatic rings. The Bertz CT molecular complexity index is 769. The number of benzene rings is 2. The van der Waals surface area contributed by atoms with Crippen LogP contribution in [0.3, 0.4) is 0 Å². The van der Waals surface area contributed by atoms with Gasteiger partial charge in [0.1, 0.15) is 0 Å². The van der Waals surface area contributed by atoms with Gasteiger partial charge in [-0.2, -0.15) is 5.10 Å². The lowest BCUT2D eigenvalue weighted by molar-refractivity contribution is -0.136. The summed E-state index contributed by atoms with van der Waals surface area (Å²) in [6, 6.07) is 16.1. The van der Waals surface area contributed by atoms with Gasteiger partial charge in [-0.1, -0.05) is 48.0 Å². The Morgan fingerprint density at radius 1 is 1.00 bits per heavy atom. The Morgan fingerprint density at radius 3 is 2.33 bits per heavy atom. The molecule has 0 aromatic heterocycles. The van der Waals surface area contributed by atoms with E-state index in [1.165, 1.54) is 6.21 Å². The van der Waals surface area contributed by atoms with Crippen LogP contribution in [0, 0.1) is 0 Å². The molecule has 0 saturated heterocycles. The van der Waals surface area contributed by atoms with E-state index in [0.717, 1.165) is 11.1 Å². The van der Waals surface area contributed by atoms with Crippen LogP contribution in [0.1, 0.15) is 12.5 Å². The van der Waals surface area contributed by atoms with Gasteiger partial charge in [0.2, 0.25) is 0 Å². The predicted octanol–water partition coefficient (Wildman–Crippen LogP) is 3.48. The van der Waals surface area contributed by atoms with E-state index in [0.29, 0.717) is 10.7 Å². The minimum Gasteiger partial charge on any atom is -0.318 e. The van der Waals surface area contributed by atoms with E-state index in [1.807, 2.05) is 43.3 Å². The summed E-state index contributed by atoms with van der Waals surface area (Å²) in [7, 11) is 0. The molecule has 5 nitrogen and oxygen atoms in total. The first-order chi connectivity index (χ1) is 11.5. The molecule has 0 atom stereocenters. The number of carbonyl (C=O) groups is 2. The number of halogens is 1. The molecule has 122 valence electrons. The number of anilines is 1. The number of nitrogens with zero attached hydrogens (tertiary/aromatic N) is 1. The standard InChI is InChI=1S/C18H16ClN3O2/c1-13(11-14-5-3-2-4-6-14)12-20-22-18(24)17(23)21-16-9-7-15(19)8-10-16/h2-12H,1H3,(H,21,23)(H,22,24)/b13-11-,20-12-. The van der Waals surface area contributed by atoms with Crippen molar-refractivity contribution in [3.63, 3.8) is 0 Å². The summed E-state index contributed by atoms with van der Waals surface area (Å²) in [5.74, 6) is -1.66. The van der Waals surface area contributed by atoms with E-state index in [9.17, 15) is 9.59 Å². The van der Waals surface area contributed by atoms with Crippen molar-refractivity contribution in [1.29, 1.82) is 0 Å². The number of carbonyl (C=O) groups excluding carboxylic acids is 2. The van der Waals surface area contributed by atoms with E-state index in [4.69, 9.17) is 11.6 Å². The Morgan fingerprint density at radius 2 is 1.67 bits per heavy atom. The van der Waals surface area contributed by atoms with Crippen LogP contribution in [0.15, 0.2) is 65.3 Å². The molecule has 0 aliphatic heterocycles. The highest BCUT2D eigenvalue weighted by Crippen LogP contribution is 2.13. The molecule has 24 heavy (non-hydrogen) atoms. The molecular weight excluding hydrogens is 326 g/mol. The number of hydrogen-bond acceptors (Lipinski definition) is 3. The summed E-state index contributed by atoms with van der Waals surface area (Å²) in [6.07, 6.45) is 3.38. The van der Waals surface area contributed by atoms with E-state index in [1.54, 1.807) is 24.3 Å². The van der Waals surface area contributed by atoms with Crippen molar-refractivity contribution >= 4 is 41.4 Å². The lowest BCUT2D eigenvalue weighted by Gasteiger charge is -2.03. The molecule has 2 aromatic rings. The fourth-order valence-corrected chi connectivity index (χ4v) is 1.94. The molecule has 0 aliphatic carbocycles. The molecule has 0 unspecified atom stereocenters. The van der Waals surface area contributed by atoms with Crippen molar-refractivity contribution in [2.45, 2.75) is 6.92 Å². The molecule has 0 saturated carbocycles. The van der Waals surface area contributed by atoms with E-state index in [2.05, 4.69) is 15.8 Å². The molecule has 2 amide bonds. The normalized spacial score (nSPS) is 11.3. The molecule has 0 spiro atoms. The maximum Gasteiger partial charge on any atom is 0.329 e. The highest BCUT2D eigenvalue weighted by atomic mass is 35.5. The quantitative estimate of drug-likeness (QED) is 0.507. The minimum absolute atomic E-state index is 0.476. The number of rotatable bonds is 4. The Kier molecular flexibility index (Phi) is 6.28. The lowest BCUT2D eigenvalue weighted by Crippen LogP contribution is -2.32. The van der Waals surface area contributed by atoms with Crippen molar-refractivity contribution in [1.82, 2.24) is 5.43 Å². The number of hydrazone groups is 1. The molecular formula is C18H16ClN3O2. The summed E-state index contributed by atoms with van der Waals surface area (Å²) in [5.41, 5.74) is 4.51. The van der Waals surface area contributed by atoms with Crippen LogP contribution < -0.4 is 10.7 Å². The topological polar surface area (TPSA) is 70.6 Å². The fourth-order valence-electron chi connectivity index (χ4n) is 1.81. The number of amides is 2. The third-order valence-electron chi connectivity index (χ3n) is 2.94. The first-order valence-corrected chi connectivity index (χ1v) is 7.56. The summed E-state index contributed by atoms with van der Waals surface area (Å²) in [6.45, 7) is 1.84. The zero-order valence-electron chi connectivity index (χ0n) is 13.0. The van der Waals surface area contributed by atoms with Crippen molar-refractivity contribution in [3.8, 4) is 0 Å². The molecule has 0 heterocycles. The second kappa shape index (κ2) is 8.64. The molecule has 0 fully saturated rings. The fraction of sp³-hybridized carbons (Fsp3) is 0.0556. The zero-order valence-corrected chi connectivity index (χ0v) is 13.7. The average Bonchev–Trinajstić information content (AvgIpc) is 2.57. The zero-order chi connectivity index (χ0) is 17.4. The first-order valence-electron chi connectivity index (χ1n) is 7.18. The summed E-state index contributed by atoms with van der Waals surface area (Å²) < 4.78 is 0. The van der Waals surface area contributed by atoms with Gasteiger partial charge >= 0.3 is 11.8 Å². The van der Waals surface area contributed by atoms with Crippen molar-refractivity contribution in [3.05, 3.63) is 70.8 Å². The Hall–Kier alpha value is -2.92. The monoisotopic (exact) mass is 341 g/mol. The van der Waals surface area contributed by atoms with Crippen LogP contribution in [0.4, 0.5) is 5.69 Å². The third-order valence-corrected chi connectivity index (χ3v) is 3.19. The Labute approximate surface area is 145 Å². The molecule has 6 heteroatoms. The van der Waals surface area contributed by atoms with Gasteiger partial charge in [-0.25, -0.2) is 5.43 Å². The number of nitrogens with one attached hydrogen (secondary N) is 2. The lowest BCUT2D eigenvalue weighted by atomic mass is 10.1. The largest absolute Gasteiger partial charge is 0.329 e. The van der Waals surface area contributed by atoms with Crippen LogP contribution in [0.5, 0.6) is 0 Å². The van der Waals surface area contributed by atoms with Crippen LogP contribution in [-0.2, 0) is 9.59 Å². The van der Waals surface area contributed by atoms with Crippen LogP contribution in [0.2, 0.25) is 5.02 Å². The average molecular weight is 342 g/mol. The predicted molar refractivity (Wildman–Crippen MR) is 96.8 cm³/mol. The third kappa shape index (κ3) is 5.70. The highest BCUT2D eigenvalue weighted by Gasteiger charge is 2.12. The van der Waals surface area contributed by atoms with E-state index >= 15 is 0 Å². The maximum absolute atomic E-state index is 11.7. The van der Waals surface area contributed by atoms with E-state index < -0.39 is 11.8 Å². The highest BCUT2D eigenvalue weighted by molar-refractivity contribution is 6.39. The second-order valence-electron chi connectivity index (χ2n) is 4.96. The maximum atomic E-state index is 11.7. The Balaban J connectivity index is 1.86. The number of hydrogen-bond donors (Lipinski definition) is 2. The van der Waals surface area contributed by atoms with Gasteiger partial charge in [0.05, 0.1) is 6.21 Å². The summed E-state index contributed by atoms with van der Waals surface area (Å²) in [4.78, 5) is 23.4. The molecule has 0 bridgehead atoms. The van der Waals surface area contributed by atoms with Crippen LogP contribution >= 0.6 is 11.6 Å². The summed E-state index contributed by atoms with van der Waals surface area (Å²) >= 11 is 5.75. The van der Waals surface area contributed by atoms with Gasteiger partial charge in [0, 0.05) is 10.7 Å². The van der Waals surface area contributed by atoms with Gasteiger partial charge in [-0.05, 0) is 42.3 Å². The molecule has 2 rings (SSSR count). The second-order valence-corrected chi connectivity index (χ2v) is 5.40. The molecule has 2 N–H and O–H groups in total. The van der Waals surface area contributed by atoms with E-state index in [-0.39, 0.29) is 0 Å². The van der Waals surface area contributed by atoms with Crippen molar-refractivity contribution in [2.75, 3.05) is 5.32 Å². The smallest absolute Gasteiger partial charge is 0.318 e. The first kappa shape index (κ1) is 17.4. The molecule has 2 aromatic carbocycles. The van der Waals surface area contributed by atoms with Gasteiger partial charge in [-0.3, -0.25) is 9.59 Å².